The van der Waals surface area contributed by atoms with Gasteiger partial charge in [0.1, 0.15) is 12.1 Å². The zero-order valence-electron chi connectivity index (χ0n) is 15.8. The second-order valence-electron chi connectivity index (χ2n) is 7.08. The van der Waals surface area contributed by atoms with Crippen LogP contribution in [0.3, 0.4) is 0 Å². The number of aliphatic hydroxyl groups excluding tert-OH is 2. The van der Waals surface area contributed by atoms with Crippen LogP contribution >= 0.6 is 0 Å². The van der Waals surface area contributed by atoms with Crippen molar-refractivity contribution in [2.75, 3.05) is 19.6 Å². The largest absolute Gasteiger partial charge is 0.392 e. The Balaban J connectivity index is 2.35. The Morgan fingerprint density at radius 3 is 2.12 bits per heavy atom. The number of hydrogen-bond donors (Lipinski definition) is 4. The highest BCUT2D eigenvalue weighted by molar-refractivity contribution is 5.96. The summed E-state index contributed by atoms with van der Waals surface area (Å²) < 4.78 is 0. The smallest absolute Gasteiger partial charge is 0.243 e. The number of carbonyl (C=O) groups excluding carboxylic acids is 2. The maximum atomic E-state index is 12.1. The molecule has 0 spiro atoms. The molecular formula is C18H35N3O4. The normalized spacial score (nSPS) is 23.3. The van der Waals surface area contributed by atoms with E-state index in [0.717, 1.165) is 25.8 Å². The lowest BCUT2D eigenvalue weighted by Crippen LogP contribution is -2.61. The topological polar surface area (TPSA) is 102 Å². The van der Waals surface area contributed by atoms with Crippen molar-refractivity contribution < 1.29 is 19.8 Å². The fraction of sp³-hybridized carbons (Fsp3) is 0.889. The maximum Gasteiger partial charge on any atom is 0.243 e. The number of nitrogens with one attached hydrogen (secondary N) is 2. The summed E-state index contributed by atoms with van der Waals surface area (Å²) in [5, 5.41) is 25.0. The molecule has 4 unspecified atom stereocenters. The van der Waals surface area contributed by atoms with Crippen molar-refractivity contribution in [2.45, 2.75) is 83.6 Å². The van der Waals surface area contributed by atoms with Crippen molar-refractivity contribution in [3.05, 3.63) is 0 Å². The third kappa shape index (κ3) is 8.16. The average Bonchev–Trinajstić information content (AvgIpc) is 2.55. The lowest BCUT2D eigenvalue weighted by atomic mass is 10.0. The minimum Gasteiger partial charge on any atom is -0.392 e. The third-order valence-corrected chi connectivity index (χ3v) is 4.52. The van der Waals surface area contributed by atoms with Gasteiger partial charge in [0, 0.05) is 13.1 Å². The molecule has 1 rings (SSSR count). The van der Waals surface area contributed by atoms with E-state index in [-0.39, 0.29) is 11.8 Å². The fourth-order valence-corrected chi connectivity index (χ4v) is 3.11. The van der Waals surface area contributed by atoms with Crippen LogP contribution in [0.5, 0.6) is 0 Å². The van der Waals surface area contributed by atoms with Crippen molar-refractivity contribution in [3.8, 4) is 0 Å². The van der Waals surface area contributed by atoms with Gasteiger partial charge in [-0.3, -0.25) is 14.5 Å². The summed E-state index contributed by atoms with van der Waals surface area (Å²) >= 11 is 0. The van der Waals surface area contributed by atoms with Crippen molar-refractivity contribution in [3.63, 3.8) is 0 Å². The first-order valence-electron chi connectivity index (χ1n) is 9.56. The lowest BCUT2D eigenvalue weighted by Gasteiger charge is -2.30. The molecule has 0 aromatic rings. The minimum absolute atomic E-state index is 0.0896. The second kappa shape index (κ2) is 11.4. The molecule has 146 valence electrons. The molecule has 4 atom stereocenters. The van der Waals surface area contributed by atoms with Crippen LogP contribution in [0.25, 0.3) is 0 Å². The molecule has 0 bridgehead atoms. The highest BCUT2D eigenvalue weighted by Crippen LogP contribution is 2.10. The Bertz CT molecular complexity index is 417. The van der Waals surface area contributed by atoms with Crippen molar-refractivity contribution >= 4 is 11.8 Å². The van der Waals surface area contributed by atoms with Crippen LogP contribution in [0.4, 0.5) is 0 Å². The van der Waals surface area contributed by atoms with Gasteiger partial charge in [0.05, 0.1) is 12.2 Å². The zero-order valence-corrected chi connectivity index (χ0v) is 15.8. The molecule has 0 radical (unpaired) electrons. The van der Waals surface area contributed by atoms with Gasteiger partial charge in [-0.15, -0.1) is 0 Å². The number of amides is 2. The van der Waals surface area contributed by atoms with E-state index in [2.05, 4.69) is 15.5 Å². The fourth-order valence-electron chi connectivity index (χ4n) is 3.11. The molecule has 2 amide bonds. The van der Waals surface area contributed by atoms with Gasteiger partial charge in [-0.2, -0.15) is 0 Å². The van der Waals surface area contributed by atoms with E-state index in [9.17, 15) is 19.8 Å². The summed E-state index contributed by atoms with van der Waals surface area (Å²) in [7, 11) is 0. The lowest BCUT2D eigenvalue weighted by molar-refractivity contribution is -0.137. The molecule has 1 heterocycles. The Morgan fingerprint density at radius 1 is 1.00 bits per heavy atom. The van der Waals surface area contributed by atoms with E-state index in [0.29, 0.717) is 32.4 Å². The quantitative estimate of drug-likeness (QED) is 0.379. The summed E-state index contributed by atoms with van der Waals surface area (Å²) in [5.74, 6) is -0.187. The van der Waals surface area contributed by atoms with Gasteiger partial charge in [0.2, 0.25) is 11.8 Å². The van der Waals surface area contributed by atoms with Gasteiger partial charge in [-0.25, -0.2) is 0 Å². The van der Waals surface area contributed by atoms with E-state index in [1.807, 2.05) is 13.8 Å². The van der Waals surface area contributed by atoms with Crippen molar-refractivity contribution in [1.82, 2.24) is 15.5 Å². The van der Waals surface area contributed by atoms with Crippen LogP contribution in [-0.4, -0.2) is 70.9 Å². The predicted octanol–water partition coefficient (Wildman–Crippen LogP) is 0.394. The van der Waals surface area contributed by atoms with Crippen LogP contribution in [0.15, 0.2) is 0 Å². The molecule has 0 aliphatic carbocycles. The summed E-state index contributed by atoms with van der Waals surface area (Å²) in [4.78, 5) is 26.1. The minimum atomic E-state index is -0.452. The zero-order chi connectivity index (χ0) is 18.8. The van der Waals surface area contributed by atoms with E-state index in [1.165, 1.54) is 0 Å². The summed E-state index contributed by atoms with van der Waals surface area (Å²) in [5.41, 5.74) is 0. The second-order valence-corrected chi connectivity index (χ2v) is 7.08. The highest BCUT2D eigenvalue weighted by atomic mass is 16.3. The van der Waals surface area contributed by atoms with Crippen molar-refractivity contribution in [1.29, 1.82) is 0 Å². The number of aliphatic hydroxyl groups is 2. The maximum absolute atomic E-state index is 12.1. The standard InChI is InChI=1S/C18H35N3O4/c1-4-8-15-17(24)20-16(18(25)19-15)9-6-7-10-21(11-13(3)22)12-14(23)5-2/h13-16,22-23H,4-12H2,1-3H3,(H,19,25)(H,20,24). The highest BCUT2D eigenvalue weighted by Gasteiger charge is 2.32. The van der Waals surface area contributed by atoms with Gasteiger partial charge in [0.15, 0.2) is 0 Å². The van der Waals surface area contributed by atoms with E-state index < -0.39 is 24.3 Å². The van der Waals surface area contributed by atoms with Gasteiger partial charge < -0.3 is 20.8 Å². The summed E-state index contributed by atoms with van der Waals surface area (Å²) in [6.45, 7) is 7.47. The van der Waals surface area contributed by atoms with Crippen LogP contribution in [-0.2, 0) is 9.59 Å². The Hall–Kier alpha value is -1.18. The monoisotopic (exact) mass is 357 g/mol. The molecule has 4 N–H and O–H groups in total. The molecule has 0 aromatic carbocycles. The Kier molecular flexibility index (Phi) is 10.0. The first-order valence-corrected chi connectivity index (χ1v) is 9.56. The molecule has 1 aliphatic rings. The molecule has 7 heteroatoms. The molecule has 1 saturated heterocycles. The van der Waals surface area contributed by atoms with Gasteiger partial charge in [-0.1, -0.05) is 20.3 Å². The SMILES string of the molecule is CCCC1NC(=O)C(CCCCN(CC(C)O)CC(O)CC)NC1=O. The molecule has 1 fully saturated rings. The molecular weight excluding hydrogens is 322 g/mol. The van der Waals surface area contributed by atoms with E-state index in [4.69, 9.17) is 0 Å². The number of hydrogen-bond acceptors (Lipinski definition) is 5. The molecule has 0 saturated carbocycles. The van der Waals surface area contributed by atoms with Gasteiger partial charge in [-0.05, 0) is 45.6 Å². The van der Waals surface area contributed by atoms with Gasteiger partial charge in [0.25, 0.3) is 0 Å². The van der Waals surface area contributed by atoms with Crippen LogP contribution in [0.2, 0.25) is 0 Å². The Labute approximate surface area is 151 Å². The number of nitrogens with zero attached hydrogens (tertiary/aromatic N) is 1. The summed E-state index contributed by atoms with van der Waals surface area (Å²) in [6, 6.07) is -0.849. The molecule has 7 nitrogen and oxygen atoms in total. The predicted molar refractivity (Wildman–Crippen MR) is 97.0 cm³/mol. The van der Waals surface area contributed by atoms with Crippen molar-refractivity contribution in [2.24, 2.45) is 0 Å². The number of carbonyl (C=O) groups is 2. The van der Waals surface area contributed by atoms with Crippen LogP contribution in [0.1, 0.15) is 59.3 Å². The van der Waals surface area contributed by atoms with Crippen LogP contribution in [0, 0.1) is 0 Å². The molecule has 1 aliphatic heterocycles. The number of piperazine rings is 1. The van der Waals surface area contributed by atoms with Gasteiger partial charge >= 0.3 is 0 Å². The van der Waals surface area contributed by atoms with E-state index >= 15 is 0 Å². The van der Waals surface area contributed by atoms with Crippen LogP contribution < -0.4 is 10.6 Å². The number of rotatable bonds is 12. The molecule has 0 aromatic heterocycles. The first kappa shape index (κ1) is 21.9. The summed E-state index contributed by atoms with van der Waals surface area (Å²) in [6.07, 6.45) is 3.63. The Morgan fingerprint density at radius 2 is 1.60 bits per heavy atom. The van der Waals surface area contributed by atoms with E-state index in [1.54, 1.807) is 6.92 Å². The average molecular weight is 357 g/mol. The molecule has 25 heavy (non-hydrogen) atoms. The first-order chi connectivity index (χ1) is 11.9. The third-order valence-electron chi connectivity index (χ3n) is 4.52. The number of unbranched alkanes of at least 4 members (excludes halogenated alkanes) is 1.